The Balaban J connectivity index is 2.15. The molecule has 0 fully saturated rings. The fraction of sp³-hybridized carbons (Fsp3) is 0.143. The van der Waals surface area contributed by atoms with E-state index in [-0.39, 0.29) is 11.9 Å². The van der Waals surface area contributed by atoms with Crippen LogP contribution in [0.1, 0.15) is 18.5 Å². The second-order valence-corrected chi connectivity index (χ2v) is 5.39. The number of nitrogens with one attached hydrogen (secondary N) is 1. The third-order valence-corrected chi connectivity index (χ3v) is 3.44. The molecule has 0 spiro atoms. The molecule has 2 aromatic rings. The molecule has 2 aromatic carbocycles. The van der Waals surface area contributed by atoms with E-state index in [0.29, 0.717) is 10.7 Å². The minimum absolute atomic E-state index is 0.0220. The van der Waals surface area contributed by atoms with Gasteiger partial charge in [0.1, 0.15) is 5.82 Å². The Bertz CT molecular complexity index is 542. The summed E-state index contributed by atoms with van der Waals surface area (Å²) in [7, 11) is 0. The summed E-state index contributed by atoms with van der Waals surface area (Å²) in [5.74, 6) is -0.341. The summed E-state index contributed by atoms with van der Waals surface area (Å²) in [6.07, 6.45) is 0. The molecule has 94 valence electrons. The maximum atomic E-state index is 13.6. The molecule has 0 aromatic heterocycles. The minimum atomic E-state index is -0.341. The lowest BCUT2D eigenvalue weighted by Crippen LogP contribution is -2.07. The van der Waals surface area contributed by atoms with Crippen molar-refractivity contribution >= 4 is 33.2 Å². The smallest absolute Gasteiger partial charge is 0.147 e. The highest BCUT2D eigenvalue weighted by Gasteiger charge is 2.08. The summed E-state index contributed by atoms with van der Waals surface area (Å²) in [5, 5.41) is 3.52. The number of anilines is 1. The van der Waals surface area contributed by atoms with Gasteiger partial charge in [0.25, 0.3) is 0 Å². The van der Waals surface area contributed by atoms with E-state index in [0.717, 1.165) is 10.0 Å². The average molecular weight is 329 g/mol. The van der Waals surface area contributed by atoms with Gasteiger partial charge >= 0.3 is 0 Å². The van der Waals surface area contributed by atoms with E-state index in [9.17, 15) is 4.39 Å². The highest BCUT2D eigenvalue weighted by molar-refractivity contribution is 9.10. The zero-order valence-electron chi connectivity index (χ0n) is 9.75. The second kappa shape index (κ2) is 5.72. The van der Waals surface area contributed by atoms with Crippen LogP contribution in [0.15, 0.2) is 46.9 Å². The van der Waals surface area contributed by atoms with E-state index < -0.39 is 0 Å². The maximum Gasteiger partial charge on any atom is 0.147 e. The predicted octanol–water partition coefficient (Wildman–Crippen LogP) is 5.41. The standard InChI is InChI=1S/C14H12BrClFN/c1-9(10-2-4-11(15)5-3-10)18-14-7-6-12(16)8-13(14)17/h2-9,18H,1H3. The van der Waals surface area contributed by atoms with Crippen LogP contribution in [0.4, 0.5) is 10.1 Å². The lowest BCUT2D eigenvalue weighted by molar-refractivity contribution is 0.627. The summed E-state index contributed by atoms with van der Waals surface area (Å²) in [5.41, 5.74) is 1.54. The molecule has 0 amide bonds. The molecule has 0 heterocycles. The largest absolute Gasteiger partial charge is 0.376 e. The Kier molecular flexibility index (Phi) is 4.25. The van der Waals surface area contributed by atoms with Gasteiger partial charge in [-0.15, -0.1) is 0 Å². The van der Waals surface area contributed by atoms with Gasteiger partial charge in [-0.05, 0) is 42.8 Å². The van der Waals surface area contributed by atoms with Crippen molar-refractivity contribution in [3.8, 4) is 0 Å². The Morgan fingerprint density at radius 2 is 1.83 bits per heavy atom. The van der Waals surface area contributed by atoms with Gasteiger partial charge in [-0.2, -0.15) is 0 Å². The van der Waals surface area contributed by atoms with Crippen molar-refractivity contribution in [2.45, 2.75) is 13.0 Å². The summed E-state index contributed by atoms with van der Waals surface area (Å²) >= 11 is 9.10. The monoisotopic (exact) mass is 327 g/mol. The van der Waals surface area contributed by atoms with Crippen molar-refractivity contribution in [1.29, 1.82) is 0 Å². The summed E-state index contributed by atoms with van der Waals surface area (Å²) in [6.45, 7) is 1.98. The van der Waals surface area contributed by atoms with Gasteiger partial charge in [0.05, 0.1) is 5.69 Å². The van der Waals surface area contributed by atoms with Crippen molar-refractivity contribution in [2.24, 2.45) is 0 Å². The highest BCUT2D eigenvalue weighted by atomic mass is 79.9. The average Bonchev–Trinajstić information content (AvgIpc) is 2.33. The molecular weight excluding hydrogens is 317 g/mol. The molecule has 1 unspecified atom stereocenters. The molecule has 1 atom stereocenters. The molecule has 1 nitrogen and oxygen atoms in total. The molecule has 0 radical (unpaired) electrons. The first-order valence-corrected chi connectivity index (χ1v) is 6.70. The SMILES string of the molecule is CC(Nc1ccc(Cl)cc1F)c1ccc(Br)cc1. The normalized spacial score (nSPS) is 12.2. The van der Waals surface area contributed by atoms with Crippen LogP contribution >= 0.6 is 27.5 Å². The Morgan fingerprint density at radius 1 is 1.17 bits per heavy atom. The maximum absolute atomic E-state index is 13.6. The molecule has 1 N–H and O–H groups in total. The zero-order chi connectivity index (χ0) is 13.1. The van der Waals surface area contributed by atoms with Crippen LogP contribution in [-0.2, 0) is 0 Å². The highest BCUT2D eigenvalue weighted by Crippen LogP contribution is 2.24. The van der Waals surface area contributed by atoms with E-state index in [1.165, 1.54) is 6.07 Å². The number of hydrogen-bond donors (Lipinski definition) is 1. The van der Waals surface area contributed by atoms with E-state index in [2.05, 4.69) is 21.2 Å². The van der Waals surface area contributed by atoms with Gasteiger partial charge in [0, 0.05) is 15.5 Å². The minimum Gasteiger partial charge on any atom is -0.376 e. The number of hydrogen-bond acceptors (Lipinski definition) is 1. The molecule has 0 saturated heterocycles. The molecule has 0 aliphatic carbocycles. The quantitative estimate of drug-likeness (QED) is 0.794. The van der Waals surface area contributed by atoms with Crippen LogP contribution in [-0.4, -0.2) is 0 Å². The van der Waals surface area contributed by atoms with Crippen LogP contribution < -0.4 is 5.32 Å². The fourth-order valence-corrected chi connectivity index (χ4v) is 2.10. The number of benzene rings is 2. The summed E-state index contributed by atoms with van der Waals surface area (Å²) in [6, 6.07) is 12.6. The third-order valence-electron chi connectivity index (χ3n) is 2.67. The second-order valence-electron chi connectivity index (χ2n) is 4.04. The first-order chi connectivity index (χ1) is 8.56. The van der Waals surface area contributed by atoms with Crippen molar-refractivity contribution < 1.29 is 4.39 Å². The Hall–Kier alpha value is -1.06. The van der Waals surface area contributed by atoms with Gasteiger partial charge in [-0.1, -0.05) is 39.7 Å². The first-order valence-electron chi connectivity index (χ1n) is 5.53. The van der Waals surface area contributed by atoms with Crippen molar-refractivity contribution in [3.05, 3.63) is 63.3 Å². The Morgan fingerprint density at radius 3 is 2.44 bits per heavy atom. The van der Waals surface area contributed by atoms with Gasteiger partial charge < -0.3 is 5.32 Å². The fourth-order valence-electron chi connectivity index (χ4n) is 1.67. The number of rotatable bonds is 3. The van der Waals surface area contributed by atoms with Crippen molar-refractivity contribution in [3.63, 3.8) is 0 Å². The van der Waals surface area contributed by atoms with E-state index in [4.69, 9.17) is 11.6 Å². The molecule has 0 saturated carbocycles. The van der Waals surface area contributed by atoms with Crippen LogP contribution in [0.3, 0.4) is 0 Å². The van der Waals surface area contributed by atoms with Gasteiger partial charge in [0.15, 0.2) is 0 Å². The molecule has 0 bridgehead atoms. The lowest BCUT2D eigenvalue weighted by atomic mass is 10.1. The summed E-state index contributed by atoms with van der Waals surface area (Å²) < 4.78 is 14.7. The molecule has 18 heavy (non-hydrogen) atoms. The third kappa shape index (κ3) is 3.24. The molecule has 0 aliphatic rings. The summed E-state index contributed by atoms with van der Waals surface area (Å²) in [4.78, 5) is 0. The Labute approximate surface area is 119 Å². The molecular formula is C14H12BrClFN. The molecule has 0 aliphatic heterocycles. The van der Waals surface area contributed by atoms with Crippen molar-refractivity contribution in [1.82, 2.24) is 0 Å². The van der Waals surface area contributed by atoms with Crippen LogP contribution in [0, 0.1) is 5.82 Å². The van der Waals surface area contributed by atoms with Crippen LogP contribution in [0.5, 0.6) is 0 Å². The number of halogens is 3. The predicted molar refractivity (Wildman–Crippen MR) is 77.6 cm³/mol. The van der Waals surface area contributed by atoms with Gasteiger partial charge in [-0.25, -0.2) is 4.39 Å². The topological polar surface area (TPSA) is 12.0 Å². The zero-order valence-corrected chi connectivity index (χ0v) is 12.1. The van der Waals surface area contributed by atoms with Crippen LogP contribution in [0.25, 0.3) is 0 Å². The molecule has 4 heteroatoms. The van der Waals surface area contributed by atoms with E-state index in [1.54, 1.807) is 12.1 Å². The van der Waals surface area contributed by atoms with E-state index in [1.807, 2.05) is 31.2 Å². The van der Waals surface area contributed by atoms with Gasteiger partial charge in [0.2, 0.25) is 0 Å². The first kappa shape index (κ1) is 13.4. The lowest BCUT2D eigenvalue weighted by Gasteiger charge is -2.16. The van der Waals surface area contributed by atoms with Crippen LogP contribution in [0.2, 0.25) is 5.02 Å². The van der Waals surface area contributed by atoms with Gasteiger partial charge in [-0.3, -0.25) is 0 Å². The molecule has 2 rings (SSSR count). The van der Waals surface area contributed by atoms with E-state index >= 15 is 0 Å². The van der Waals surface area contributed by atoms with Crippen molar-refractivity contribution in [2.75, 3.05) is 5.32 Å².